The van der Waals surface area contributed by atoms with Gasteiger partial charge in [0.2, 0.25) is 0 Å². The van der Waals surface area contributed by atoms with Gasteiger partial charge in [-0.15, -0.1) is 0 Å². The maximum Gasteiger partial charge on any atom is 0.360 e. The molecule has 0 radical (unpaired) electrons. The lowest BCUT2D eigenvalue weighted by molar-refractivity contribution is -0.118. The van der Waals surface area contributed by atoms with Gasteiger partial charge in [0, 0.05) is 0 Å². The summed E-state index contributed by atoms with van der Waals surface area (Å²) in [5.74, 6) is -0.166. The largest absolute Gasteiger partial charge is 0.493 e. The molecule has 8 heteroatoms. The zero-order valence-electron chi connectivity index (χ0n) is 12.7. The molecule has 0 aliphatic heterocycles. The number of anilines is 1. The van der Waals surface area contributed by atoms with Crippen molar-refractivity contribution in [3.8, 4) is 11.5 Å². The zero-order valence-corrected chi connectivity index (χ0v) is 12.7. The van der Waals surface area contributed by atoms with E-state index < -0.39 is 11.9 Å². The van der Waals surface area contributed by atoms with E-state index in [4.69, 9.17) is 18.6 Å². The number of hydrogen-bond donors (Lipinski definition) is 1. The topological polar surface area (TPSA) is 99.9 Å². The predicted molar refractivity (Wildman–Crippen MR) is 79.6 cm³/mol. The van der Waals surface area contributed by atoms with E-state index in [0.29, 0.717) is 11.5 Å². The lowest BCUT2D eigenvalue weighted by Crippen LogP contribution is -2.20. The van der Waals surface area contributed by atoms with Gasteiger partial charge in [-0.05, 0) is 19.1 Å². The predicted octanol–water partition coefficient (Wildman–Crippen LogP) is 1.88. The van der Waals surface area contributed by atoms with Crippen LogP contribution in [0, 0.1) is 0 Å². The number of methoxy groups -OCH3 is 1. The van der Waals surface area contributed by atoms with Gasteiger partial charge in [0.25, 0.3) is 5.91 Å². The molecule has 0 aliphatic carbocycles. The van der Waals surface area contributed by atoms with E-state index >= 15 is 0 Å². The Balaban J connectivity index is 1.89. The second-order valence-corrected chi connectivity index (χ2v) is 4.25. The summed E-state index contributed by atoms with van der Waals surface area (Å²) in [7, 11) is 1.51. The van der Waals surface area contributed by atoms with Crippen LogP contribution in [0.2, 0.25) is 0 Å². The Hall–Kier alpha value is -3.03. The fourth-order valence-electron chi connectivity index (χ4n) is 1.67. The van der Waals surface area contributed by atoms with Crippen LogP contribution < -0.4 is 14.8 Å². The maximum atomic E-state index is 11.8. The maximum absolute atomic E-state index is 11.8. The Morgan fingerprint density at radius 3 is 2.70 bits per heavy atom. The summed E-state index contributed by atoms with van der Waals surface area (Å²) < 4.78 is 20.2. The molecule has 0 aliphatic rings. The monoisotopic (exact) mass is 320 g/mol. The second kappa shape index (κ2) is 7.83. The van der Waals surface area contributed by atoms with Gasteiger partial charge in [-0.2, -0.15) is 4.98 Å². The number of nitrogens with zero attached hydrogens (tertiary/aromatic N) is 1. The van der Waals surface area contributed by atoms with Gasteiger partial charge in [-0.3, -0.25) is 10.1 Å². The molecule has 2 rings (SSSR count). The Morgan fingerprint density at radius 1 is 1.26 bits per heavy atom. The van der Waals surface area contributed by atoms with Crippen molar-refractivity contribution < 1.29 is 28.2 Å². The van der Waals surface area contributed by atoms with Crippen LogP contribution in [0.25, 0.3) is 0 Å². The molecule has 0 bridgehead atoms. The van der Waals surface area contributed by atoms with E-state index in [2.05, 4.69) is 10.3 Å². The number of carbonyl (C=O) groups is 2. The van der Waals surface area contributed by atoms with Crippen LogP contribution in [-0.4, -0.2) is 37.2 Å². The van der Waals surface area contributed by atoms with Gasteiger partial charge >= 0.3 is 12.0 Å². The van der Waals surface area contributed by atoms with E-state index in [9.17, 15) is 9.59 Å². The third-order valence-electron chi connectivity index (χ3n) is 2.66. The minimum absolute atomic E-state index is 0.0206. The number of carbonyl (C=O) groups excluding carboxylic acids is 2. The summed E-state index contributed by atoms with van der Waals surface area (Å²) in [6.45, 7) is 1.63. The van der Waals surface area contributed by atoms with E-state index in [-0.39, 0.29) is 24.9 Å². The minimum Gasteiger partial charge on any atom is -0.493 e. The number of amides is 1. The number of ether oxygens (including phenoxy) is 3. The van der Waals surface area contributed by atoms with Crippen LogP contribution in [0.5, 0.6) is 11.5 Å². The third-order valence-corrected chi connectivity index (χ3v) is 2.66. The summed E-state index contributed by atoms with van der Waals surface area (Å²) in [6, 6.07) is 6.83. The van der Waals surface area contributed by atoms with Crippen molar-refractivity contribution in [1.82, 2.24) is 4.98 Å². The van der Waals surface area contributed by atoms with Gasteiger partial charge in [-0.1, -0.05) is 12.1 Å². The number of nitrogens with one attached hydrogen (secondary N) is 1. The highest BCUT2D eigenvalue weighted by Gasteiger charge is 2.15. The van der Waals surface area contributed by atoms with Crippen molar-refractivity contribution in [3.63, 3.8) is 0 Å². The Kier molecular flexibility index (Phi) is 5.56. The van der Waals surface area contributed by atoms with Gasteiger partial charge < -0.3 is 18.6 Å². The van der Waals surface area contributed by atoms with Gasteiger partial charge in [-0.25, -0.2) is 4.79 Å². The average molecular weight is 320 g/mol. The molecule has 0 atom stereocenters. The second-order valence-electron chi connectivity index (χ2n) is 4.25. The number of oxazole rings is 1. The van der Waals surface area contributed by atoms with E-state index in [0.717, 1.165) is 6.26 Å². The average Bonchev–Trinajstić information content (AvgIpc) is 3.02. The molecule has 1 heterocycles. The molecule has 8 nitrogen and oxygen atoms in total. The molecule has 0 spiro atoms. The van der Waals surface area contributed by atoms with Crippen LogP contribution in [0.4, 0.5) is 6.01 Å². The van der Waals surface area contributed by atoms with Crippen molar-refractivity contribution in [3.05, 3.63) is 36.2 Å². The molecule has 1 N–H and O–H groups in total. The molecular weight excluding hydrogens is 304 g/mol. The molecule has 23 heavy (non-hydrogen) atoms. The van der Waals surface area contributed by atoms with E-state index in [1.165, 1.54) is 7.11 Å². The van der Waals surface area contributed by atoms with E-state index in [1.54, 1.807) is 31.2 Å². The van der Waals surface area contributed by atoms with Gasteiger partial charge in [0.1, 0.15) is 6.26 Å². The lowest BCUT2D eigenvalue weighted by atomic mass is 10.3. The molecule has 2 aromatic rings. The lowest BCUT2D eigenvalue weighted by Gasteiger charge is -2.09. The zero-order chi connectivity index (χ0) is 16.7. The number of para-hydroxylation sites is 2. The van der Waals surface area contributed by atoms with Gasteiger partial charge in [0.05, 0.1) is 13.7 Å². The van der Waals surface area contributed by atoms with E-state index in [1.807, 2.05) is 0 Å². The first kappa shape index (κ1) is 16.3. The van der Waals surface area contributed by atoms with Crippen molar-refractivity contribution in [1.29, 1.82) is 0 Å². The van der Waals surface area contributed by atoms with Crippen molar-refractivity contribution in [2.24, 2.45) is 0 Å². The number of aromatic nitrogens is 1. The fourth-order valence-corrected chi connectivity index (χ4v) is 1.67. The van der Waals surface area contributed by atoms with Crippen molar-refractivity contribution >= 4 is 17.9 Å². The summed E-state index contributed by atoms with van der Waals surface area (Å²) in [6.07, 6.45) is 1.11. The molecule has 0 fully saturated rings. The number of rotatable bonds is 7. The molecule has 1 amide bonds. The van der Waals surface area contributed by atoms with Crippen LogP contribution in [0.3, 0.4) is 0 Å². The Morgan fingerprint density at radius 2 is 2.00 bits per heavy atom. The molecule has 0 unspecified atom stereocenters. The number of esters is 1. The highest BCUT2D eigenvalue weighted by molar-refractivity contribution is 5.91. The summed E-state index contributed by atoms with van der Waals surface area (Å²) >= 11 is 0. The molecule has 122 valence electrons. The SMILES string of the molecule is CCOC(=O)c1coc(NC(=O)COc2ccccc2OC)n1. The molecular formula is C15H16N2O6. The molecule has 0 saturated heterocycles. The van der Waals surface area contributed by atoms with Crippen LogP contribution in [-0.2, 0) is 9.53 Å². The molecule has 1 aromatic carbocycles. The smallest absolute Gasteiger partial charge is 0.360 e. The quantitative estimate of drug-likeness (QED) is 0.777. The minimum atomic E-state index is -0.623. The van der Waals surface area contributed by atoms with Gasteiger partial charge in [0.15, 0.2) is 23.8 Å². The highest BCUT2D eigenvalue weighted by Crippen LogP contribution is 2.25. The first-order valence-electron chi connectivity index (χ1n) is 6.82. The molecule has 1 aromatic heterocycles. The van der Waals surface area contributed by atoms with Crippen molar-refractivity contribution in [2.45, 2.75) is 6.92 Å². The fraction of sp³-hybridized carbons (Fsp3) is 0.267. The normalized spacial score (nSPS) is 10.0. The number of hydrogen-bond acceptors (Lipinski definition) is 7. The van der Waals surface area contributed by atoms with Crippen LogP contribution >= 0.6 is 0 Å². The van der Waals surface area contributed by atoms with Crippen molar-refractivity contribution in [2.75, 3.05) is 25.6 Å². The number of benzene rings is 1. The third kappa shape index (κ3) is 4.47. The summed E-state index contributed by atoms with van der Waals surface area (Å²) in [4.78, 5) is 27.0. The Labute approximate surface area is 132 Å². The highest BCUT2D eigenvalue weighted by atomic mass is 16.5. The summed E-state index contributed by atoms with van der Waals surface area (Å²) in [5, 5.41) is 2.38. The van der Waals surface area contributed by atoms with Crippen LogP contribution in [0.15, 0.2) is 34.9 Å². The summed E-state index contributed by atoms with van der Waals surface area (Å²) in [5.41, 5.74) is -0.0206. The standard InChI is InChI=1S/C15H16N2O6/c1-3-21-14(19)10-8-23-15(16-10)17-13(18)9-22-12-7-5-4-6-11(12)20-2/h4-8H,3,9H2,1-2H3,(H,16,17,18). The molecule has 0 saturated carbocycles. The first-order valence-corrected chi connectivity index (χ1v) is 6.82. The first-order chi connectivity index (χ1) is 11.1. The Bertz CT molecular complexity index is 682. The van der Waals surface area contributed by atoms with Crippen LogP contribution in [0.1, 0.15) is 17.4 Å².